The molecule has 4 rings (SSSR count). The van der Waals surface area contributed by atoms with Crippen LogP contribution in [0.2, 0.25) is 0 Å². The van der Waals surface area contributed by atoms with E-state index in [0.717, 1.165) is 36.4 Å². The van der Waals surface area contributed by atoms with Crippen LogP contribution in [0.4, 0.5) is 4.79 Å². The Morgan fingerprint density at radius 1 is 1.17 bits per heavy atom. The Morgan fingerprint density at radius 3 is 2.71 bits per heavy atom. The van der Waals surface area contributed by atoms with Gasteiger partial charge in [-0.05, 0) is 85.3 Å². The summed E-state index contributed by atoms with van der Waals surface area (Å²) in [5, 5.41) is 11.0. The van der Waals surface area contributed by atoms with Gasteiger partial charge in [-0.1, -0.05) is 20.3 Å². The molecule has 0 bridgehead atoms. The molecule has 3 saturated carbocycles. The Balaban J connectivity index is 1.61. The highest BCUT2D eigenvalue weighted by Crippen LogP contribution is 2.64. The van der Waals surface area contributed by atoms with Gasteiger partial charge in [0, 0.05) is 6.04 Å². The van der Waals surface area contributed by atoms with E-state index in [0.29, 0.717) is 11.3 Å². The first-order valence-corrected chi connectivity index (χ1v) is 10.4. The SMILES string of the molecule is C[C@@]12CCC[C@H]1[C@@H]1CCC3NC(=O)C(SC(=O)O)C[C@]3(C)[C@@H]1CC2. The summed E-state index contributed by atoms with van der Waals surface area (Å²) in [5.41, 5.74) is 0.603. The maximum Gasteiger partial charge on any atom is 0.365 e. The van der Waals surface area contributed by atoms with Crippen molar-refractivity contribution in [3.8, 4) is 0 Å². The van der Waals surface area contributed by atoms with Crippen molar-refractivity contribution in [1.82, 2.24) is 5.32 Å². The van der Waals surface area contributed by atoms with Crippen molar-refractivity contribution in [3.05, 3.63) is 0 Å². The lowest BCUT2D eigenvalue weighted by molar-refractivity contribution is -0.134. The molecule has 7 atom stereocenters. The van der Waals surface area contributed by atoms with Crippen molar-refractivity contribution in [3.63, 3.8) is 0 Å². The quantitative estimate of drug-likeness (QED) is 0.740. The molecule has 1 aliphatic heterocycles. The minimum Gasteiger partial charge on any atom is -0.473 e. The summed E-state index contributed by atoms with van der Waals surface area (Å²) in [5.74, 6) is 2.20. The second-order valence-electron chi connectivity index (χ2n) is 9.18. The largest absolute Gasteiger partial charge is 0.473 e. The number of piperidine rings is 1. The van der Waals surface area contributed by atoms with Gasteiger partial charge in [-0.25, -0.2) is 4.79 Å². The average Bonchev–Trinajstić information content (AvgIpc) is 2.90. The number of amides is 1. The fourth-order valence-corrected chi connectivity index (χ4v) is 7.81. The molecular weight excluding hydrogens is 322 g/mol. The maximum atomic E-state index is 12.3. The van der Waals surface area contributed by atoms with Gasteiger partial charge in [0.05, 0.1) is 5.25 Å². The summed E-state index contributed by atoms with van der Waals surface area (Å²) in [6.07, 6.45) is 9.73. The highest BCUT2D eigenvalue weighted by molar-refractivity contribution is 8.14. The third kappa shape index (κ3) is 2.41. The predicted molar refractivity (Wildman–Crippen MR) is 95.0 cm³/mol. The van der Waals surface area contributed by atoms with Crippen molar-refractivity contribution in [2.24, 2.45) is 28.6 Å². The van der Waals surface area contributed by atoms with E-state index in [-0.39, 0.29) is 17.4 Å². The summed E-state index contributed by atoms with van der Waals surface area (Å²) in [6.45, 7) is 4.84. The first-order chi connectivity index (χ1) is 11.3. The van der Waals surface area contributed by atoms with Gasteiger partial charge in [-0.3, -0.25) is 4.79 Å². The van der Waals surface area contributed by atoms with Crippen LogP contribution in [0.25, 0.3) is 0 Å². The lowest BCUT2D eigenvalue weighted by atomic mass is 9.48. The van der Waals surface area contributed by atoms with Crippen LogP contribution in [0.5, 0.6) is 0 Å². The number of carboxylic acid groups (broad SMARTS) is 1. The van der Waals surface area contributed by atoms with Crippen LogP contribution in [-0.2, 0) is 4.79 Å². The lowest BCUT2D eigenvalue weighted by Crippen LogP contribution is -2.63. The van der Waals surface area contributed by atoms with Gasteiger partial charge < -0.3 is 10.4 Å². The second kappa shape index (κ2) is 5.65. The first kappa shape index (κ1) is 16.7. The highest BCUT2D eigenvalue weighted by Gasteiger charge is 2.59. The summed E-state index contributed by atoms with van der Waals surface area (Å²) in [7, 11) is 0. The minimum atomic E-state index is -0.934. The highest BCUT2D eigenvalue weighted by atomic mass is 32.2. The zero-order valence-electron chi connectivity index (χ0n) is 14.7. The van der Waals surface area contributed by atoms with E-state index in [4.69, 9.17) is 5.11 Å². The van der Waals surface area contributed by atoms with Crippen LogP contribution in [0.3, 0.4) is 0 Å². The van der Waals surface area contributed by atoms with E-state index in [2.05, 4.69) is 19.2 Å². The molecule has 2 unspecified atom stereocenters. The number of rotatable bonds is 1. The fourth-order valence-electron chi connectivity index (χ4n) is 6.95. The molecule has 0 spiro atoms. The molecular formula is C19H29NO3S. The zero-order valence-corrected chi connectivity index (χ0v) is 15.5. The molecule has 0 aromatic carbocycles. The average molecular weight is 352 g/mol. The van der Waals surface area contributed by atoms with Gasteiger partial charge >= 0.3 is 5.30 Å². The molecule has 5 heteroatoms. The van der Waals surface area contributed by atoms with Crippen molar-refractivity contribution in [1.29, 1.82) is 0 Å². The molecule has 4 nitrogen and oxygen atoms in total. The zero-order chi connectivity index (χ0) is 17.1. The normalized spacial score (nSPS) is 50.4. The number of hydrogen-bond donors (Lipinski definition) is 2. The number of nitrogens with one attached hydrogen (secondary N) is 1. The van der Waals surface area contributed by atoms with Crippen molar-refractivity contribution < 1.29 is 14.7 Å². The number of hydrogen-bond acceptors (Lipinski definition) is 3. The molecule has 4 aliphatic rings. The first-order valence-electron chi connectivity index (χ1n) is 9.53. The van der Waals surface area contributed by atoms with Crippen LogP contribution in [0.1, 0.15) is 65.2 Å². The molecule has 1 heterocycles. The van der Waals surface area contributed by atoms with Gasteiger partial charge in [-0.15, -0.1) is 0 Å². The second-order valence-corrected chi connectivity index (χ2v) is 10.3. The number of carbonyl (C=O) groups is 2. The predicted octanol–water partition coefficient (Wildman–Crippen LogP) is 4.29. The number of fused-ring (bicyclic) bond motifs is 5. The standard InChI is InChI=1S/C19H29NO3S/c1-18-8-3-4-12(18)11-5-6-15-19(2,13(11)7-9-18)10-14(16(21)20-15)24-17(22)23/h11-15H,3-10H2,1-2H3,(H,20,21)(H,22,23)/t11-,12-,13+,14?,15?,18-,19+/m0/s1. The summed E-state index contributed by atoms with van der Waals surface area (Å²) in [6, 6.07) is 0.239. The van der Waals surface area contributed by atoms with Crippen molar-refractivity contribution in [2.45, 2.75) is 76.5 Å². The summed E-state index contributed by atoms with van der Waals surface area (Å²) >= 11 is 0.800. The van der Waals surface area contributed by atoms with Crippen LogP contribution in [0, 0.1) is 28.6 Å². The summed E-state index contributed by atoms with van der Waals surface area (Å²) in [4.78, 5) is 23.5. The molecule has 1 amide bonds. The fraction of sp³-hybridized carbons (Fsp3) is 0.895. The lowest BCUT2D eigenvalue weighted by Gasteiger charge is -2.60. The van der Waals surface area contributed by atoms with E-state index in [1.165, 1.54) is 38.5 Å². The van der Waals surface area contributed by atoms with Crippen molar-refractivity contribution in [2.75, 3.05) is 0 Å². The number of thioether (sulfide) groups is 1. The van der Waals surface area contributed by atoms with Gasteiger partial charge in [0.1, 0.15) is 0 Å². The van der Waals surface area contributed by atoms with Gasteiger partial charge in [0.25, 0.3) is 0 Å². The third-order valence-electron chi connectivity index (χ3n) is 8.13. The van der Waals surface area contributed by atoms with E-state index < -0.39 is 10.6 Å². The molecule has 24 heavy (non-hydrogen) atoms. The Labute approximate surface area is 148 Å². The summed E-state index contributed by atoms with van der Waals surface area (Å²) < 4.78 is 0. The number of carbonyl (C=O) groups excluding carboxylic acids is 1. The van der Waals surface area contributed by atoms with Crippen LogP contribution in [0.15, 0.2) is 0 Å². The third-order valence-corrected chi connectivity index (χ3v) is 8.99. The van der Waals surface area contributed by atoms with Gasteiger partial charge in [0.15, 0.2) is 0 Å². The van der Waals surface area contributed by atoms with Gasteiger partial charge in [0.2, 0.25) is 5.91 Å². The monoisotopic (exact) mass is 351 g/mol. The smallest absolute Gasteiger partial charge is 0.365 e. The van der Waals surface area contributed by atoms with E-state index in [1.54, 1.807) is 0 Å². The molecule has 1 saturated heterocycles. The van der Waals surface area contributed by atoms with Gasteiger partial charge in [-0.2, -0.15) is 0 Å². The van der Waals surface area contributed by atoms with E-state index in [1.807, 2.05) is 0 Å². The molecule has 0 aromatic rings. The molecule has 2 N–H and O–H groups in total. The van der Waals surface area contributed by atoms with Crippen LogP contribution >= 0.6 is 11.8 Å². The van der Waals surface area contributed by atoms with Crippen molar-refractivity contribution >= 4 is 23.0 Å². The van der Waals surface area contributed by atoms with E-state index in [9.17, 15) is 9.59 Å². The topological polar surface area (TPSA) is 66.4 Å². The molecule has 0 aromatic heterocycles. The van der Waals surface area contributed by atoms with Crippen LogP contribution < -0.4 is 5.32 Å². The molecule has 134 valence electrons. The Morgan fingerprint density at radius 2 is 1.96 bits per heavy atom. The minimum absolute atomic E-state index is 0.0634. The van der Waals surface area contributed by atoms with E-state index >= 15 is 0 Å². The maximum absolute atomic E-state index is 12.3. The molecule has 4 fully saturated rings. The molecule has 0 radical (unpaired) electrons. The Hall–Kier alpha value is -0.710. The Kier molecular flexibility index (Phi) is 3.94. The molecule has 3 aliphatic carbocycles. The van der Waals surface area contributed by atoms with Crippen LogP contribution in [-0.4, -0.2) is 27.6 Å². The Bertz CT molecular complexity index is 567.